The molecular formula is C13H15ClN4. The van der Waals surface area contributed by atoms with Crippen LogP contribution in [0.1, 0.15) is 18.3 Å². The fourth-order valence-electron chi connectivity index (χ4n) is 1.65. The second-order valence-corrected chi connectivity index (χ2v) is 4.34. The number of aromatic nitrogens is 3. The van der Waals surface area contributed by atoms with Gasteiger partial charge >= 0.3 is 0 Å². The standard InChI is InChI=1S/C13H15ClN4/c1-2-18(9-11-5-3-4-6-15-11)10-12-7-17-13(14)8-16-12/h3-8H,2,9-10H2,1H3. The van der Waals surface area contributed by atoms with Crippen LogP contribution in [-0.4, -0.2) is 26.4 Å². The summed E-state index contributed by atoms with van der Waals surface area (Å²) in [6.07, 6.45) is 5.10. The molecular weight excluding hydrogens is 248 g/mol. The predicted molar refractivity (Wildman–Crippen MR) is 71.1 cm³/mol. The molecule has 0 bridgehead atoms. The Balaban J connectivity index is 1.99. The second kappa shape index (κ2) is 6.42. The van der Waals surface area contributed by atoms with Gasteiger partial charge in [0.25, 0.3) is 0 Å². The first-order valence-electron chi connectivity index (χ1n) is 5.86. The monoisotopic (exact) mass is 262 g/mol. The molecule has 0 aliphatic heterocycles. The van der Waals surface area contributed by atoms with Gasteiger partial charge in [-0.2, -0.15) is 0 Å². The Bertz CT molecular complexity index is 472. The molecule has 5 heteroatoms. The minimum Gasteiger partial charge on any atom is -0.292 e. The topological polar surface area (TPSA) is 41.9 Å². The second-order valence-electron chi connectivity index (χ2n) is 3.95. The number of pyridine rings is 1. The van der Waals surface area contributed by atoms with Gasteiger partial charge in [0.15, 0.2) is 0 Å². The van der Waals surface area contributed by atoms with Crippen molar-refractivity contribution in [2.24, 2.45) is 0 Å². The highest BCUT2D eigenvalue weighted by Gasteiger charge is 2.06. The van der Waals surface area contributed by atoms with Crippen molar-refractivity contribution in [3.05, 3.63) is 53.3 Å². The summed E-state index contributed by atoms with van der Waals surface area (Å²) >= 11 is 5.71. The third kappa shape index (κ3) is 3.75. The van der Waals surface area contributed by atoms with Crippen LogP contribution in [0.2, 0.25) is 5.15 Å². The number of nitrogens with zero attached hydrogens (tertiary/aromatic N) is 4. The van der Waals surface area contributed by atoms with E-state index in [4.69, 9.17) is 11.6 Å². The van der Waals surface area contributed by atoms with Gasteiger partial charge in [-0.15, -0.1) is 0 Å². The molecule has 4 nitrogen and oxygen atoms in total. The highest BCUT2D eigenvalue weighted by Crippen LogP contribution is 2.07. The van der Waals surface area contributed by atoms with Crippen molar-refractivity contribution in [2.75, 3.05) is 6.54 Å². The first-order valence-corrected chi connectivity index (χ1v) is 6.24. The summed E-state index contributed by atoms with van der Waals surface area (Å²) in [6.45, 7) is 4.60. The van der Waals surface area contributed by atoms with Crippen LogP contribution in [0, 0.1) is 0 Å². The Morgan fingerprint density at radius 2 is 1.89 bits per heavy atom. The molecule has 2 aromatic heterocycles. The average Bonchev–Trinajstić information content (AvgIpc) is 2.41. The maximum atomic E-state index is 5.71. The first-order chi connectivity index (χ1) is 8.78. The largest absolute Gasteiger partial charge is 0.292 e. The van der Waals surface area contributed by atoms with Crippen molar-refractivity contribution < 1.29 is 0 Å². The van der Waals surface area contributed by atoms with Crippen LogP contribution in [0.5, 0.6) is 0 Å². The van der Waals surface area contributed by atoms with Crippen LogP contribution in [0.25, 0.3) is 0 Å². The minimum absolute atomic E-state index is 0.423. The first kappa shape index (κ1) is 12.9. The molecule has 0 spiro atoms. The molecule has 0 amide bonds. The molecule has 0 saturated carbocycles. The number of halogens is 1. The molecule has 2 aromatic rings. The van der Waals surface area contributed by atoms with Crippen LogP contribution in [-0.2, 0) is 13.1 Å². The summed E-state index contributed by atoms with van der Waals surface area (Å²) in [4.78, 5) is 14.9. The zero-order valence-electron chi connectivity index (χ0n) is 10.3. The molecule has 0 fully saturated rings. The minimum atomic E-state index is 0.423. The molecule has 0 saturated heterocycles. The molecule has 0 unspecified atom stereocenters. The number of hydrogen-bond acceptors (Lipinski definition) is 4. The fourth-order valence-corrected chi connectivity index (χ4v) is 1.75. The van der Waals surface area contributed by atoms with E-state index in [1.165, 1.54) is 0 Å². The normalized spacial score (nSPS) is 10.8. The maximum absolute atomic E-state index is 5.71. The molecule has 18 heavy (non-hydrogen) atoms. The Morgan fingerprint density at radius 3 is 2.50 bits per heavy atom. The molecule has 0 aromatic carbocycles. The molecule has 0 N–H and O–H groups in total. The number of rotatable bonds is 5. The van der Waals surface area contributed by atoms with Crippen LogP contribution in [0.15, 0.2) is 36.8 Å². The molecule has 2 rings (SSSR count). The van der Waals surface area contributed by atoms with Gasteiger partial charge in [-0.05, 0) is 18.7 Å². The van der Waals surface area contributed by atoms with E-state index in [2.05, 4.69) is 26.8 Å². The van der Waals surface area contributed by atoms with Crippen molar-refractivity contribution in [1.82, 2.24) is 19.9 Å². The lowest BCUT2D eigenvalue weighted by Crippen LogP contribution is -2.23. The summed E-state index contributed by atoms with van der Waals surface area (Å²) in [5.74, 6) is 0. The summed E-state index contributed by atoms with van der Waals surface area (Å²) in [7, 11) is 0. The Morgan fingerprint density at radius 1 is 1.06 bits per heavy atom. The van der Waals surface area contributed by atoms with Gasteiger partial charge in [0.2, 0.25) is 0 Å². The maximum Gasteiger partial charge on any atom is 0.147 e. The Labute approximate surface area is 112 Å². The van der Waals surface area contributed by atoms with Gasteiger partial charge in [0.05, 0.1) is 23.8 Å². The van der Waals surface area contributed by atoms with Crippen LogP contribution >= 0.6 is 11.6 Å². The highest BCUT2D eigenvalue weighted by atomic mass is 35.5. The van der Waals surface area contributed by atoms with Crippen molar-refractivity contribution >= 4 is 11.6 Å². The third-order valence-electron chi connectivity index (χ3n) is 2.62. The fraction of sp³-hybridized carbons (Fsp3) is 0.308. The van der Waals surface area contributed by atoms with Gasteiger partial charge in [-0.3, -0.25) is 14.9 Å². The molecule has 2 heterocycles. The average molecular weight is 263 g/mol. The van der Waals surface area contributed by atoms with E-state index in [1.54, 1.807) is 12.4 Å². The smallest absolute Gasteiger partial charge is 0.147 e. The van der Waals surface area contributed by atoms with E-state index >= 15 is 0 Å². The summed E-state index contributed by atoms with van der Waals surface area (Å²) < 4.78 is 0. The summed E-state index contributed by atoms with van der Waals surface area (Å²) in [5.41, 5.74) is 1.97. The molecule has 0 aliphatic rings. The quantitative estimate of drug-likeness (QED) is 0.831. The van der Waals surface area contributed by atoms with Gasteiger partial charge in [0, 0.05) is 19.3 Å². The van der Waals surface area contributed by atoms with E-state index in [-0.39, 0.29) is 0 Å². The lowest BCUT2D eigenvalue weighted by Gasteiger charge is -2.19. The van der Waals surface area contributed by atoms with Crippen LogP contribution in [0.4, 0.5) is 0 Å². The molecule has 0 aliphatic carbocycles. The highest BCUT2D eigenvalue weighted by molar-refractivity contribution is 6.29. The Hall–Kier alpha value is -1.52. The van der Waals surface area contributed by atoms with Gasteiger partial charge < -0.3 is 0 Å². The van der Waals surface area contributed by atoms with E-state index in [9.17, 15) is 0 Å². The van der Waals surface area contributed by atoms with Crippen molar-refractivity contribution in [1.29, 1.82) is 0 Å². The van der Waals surface area contributed by atoms with Crippen LogP contribution in [0.3, 0.4) is 0 Å². The Kier molecular flexibility index (Phi) is 4.61. The van der Waals surface area contributed by atoms with Crippen molar-refractivity contribution in [3.8, 4) is 0 Å². The van der Waals surface area contributed by atoms with Gasteiger partial charge in [-0.25, -0.2) is 4.98 Å². The summed E-state index contributed by atoms with van der Waals surface area (Å²) in [5, 5.41) is 0.423. The van der Waals surface area contributed by atoms with Crippen molar-refractivity contribution in [3.63, 3.8) is 0 Å². The molecule has 94 valence electrons. The SMILES string of the molecule is CCN(Cc1ccccn1)Cc1cnc(Cl)cn1. The summed E-state index contributed by atoms with van der Waals surface area (Å²) in [6, 6.07) is 5.94. The third-order valence-corrected chi connectivity index (χ3v) is 2.81. The molecule has 0 radical (unpaired) electrons. The molecule has 0 atom stereocenters. The van der Waals surface area contributed by atoms with Crippen molar-refractivity contribution in [2.45, 2.75) is 20.0 Å². The lowest BCUT2D eigenvalue weighted by molar-refractivity contribution is 0.264. The van der Waals surface area contributed by atoms with E-state index in [1.807, 2.05) is 24.4 Å². The van der Waals surface area contributed by atoms with Gasteiger partial charge in [0.1, 0.15) is 5.15 Å². The van der Waals surface area contributed by atoms with E-state index in [0.717, 1.165) is 31.0 Å². The number of hydrogen-bond donors (Lipinski definition) is 0. The zero-order chi connectivity index (χ0) is 12.8. The van der Waals surface area contributed by atoms with Crippen LogP contribution < -0.4 is 0 Å². The van der Waals surface area contributed by atoms with Gasteiger partial charge in [-0.1, -0.05) is 24.6 Å². The zero-order valence-corrected chi connectivity index (χ0v) is 11.0. The van der Waals surface area contributed by atoms with E-state index in [0.29, 0.717) is 5.15 Å². The van der Waals surface area contributed by atoms with E-state index < -0.39 is 0 Å². The lowest BCUT2D eigenvalue weighted by atomic mass is 10.3. The predicted octanol–water partition coefficient (Wildman–Crippen LogP) is 2.55.